The lowest BCUT2D eigenvalue weighted by atomic mass is 10.2. The zero-order valence-electron chi connectivity index (χ0n) is 11.9. The summed E-state index contributed by atoms with van der Waals surface area (Å²) in [7, 11) is 1.58. The molecular formula is C15H15N3O3S. The third-order valence-corrected chi connectivity index (χ3v) is 3.23. The molecule has 0 spiro atoms. The van der Waals surface area contributed by atoms with Crippen LogP contribution in [0.15, 0.2) is 47.6 Å². The Morgan fingerprint density at radius 1 is 1.23 bits per heavy atom. The van der Waals surface area contributed by atoms with Crippen molar-refractivity contribution in [2.24, 2.45) is 0 Å². The number of ether oxygens (including phenoxy) is 1. The molecule has 6 nitrogen and oxygen atoms in total. The van der Waals surface area contributed by atoms with Crippen LogP contribution in [-0.4, -0.2) is 24.0 Å². The zero-order valence-corrected chi connectivity index (χ0v) is 12.8. The highest BCUT2D eigenvalue weighted by Gasteiger charge is 2.12. The maximum atomic E-state index is 11.9. The number of rotatable bonds is 4. The predicted molar refractivity (Wildman–Crippen MR) is 84.2 cm³/mol. The number of nitrogens with zero attached hydrogens (tertiary/aromatic N) is 1. The Balaban J connectivity index is 1.87. The van der Waals surface area contributed by atoms with Gasteiger partial charge >= 0.3 is 6.03 Å². The van der Waals surface area contributed by atoms with E-state index in [1.807, 2.05) is 12.1 Å². The number of carbonyl (C=O) groups is 2. The van der Waals surface area contributed by atoms with Gasteiger partial charge in [-0.05, 0) is 29.8 Å². The number of hydrogen-bond acceptors (Lipinski definition) is 5. The van der Waals surface area contributed by atoms with E-state index in [2.05, 4.69) is 28.2 Å². The summed E-state index contributed by atoms with van der Waals surface area (Å²) in [5.74, 6) is 0.187. The topological polar surface area (TPSA) is 80.3 Å². The maximum absolute atomic E-state index is 11.9. The first-order chi connectivity index (χ1) is 10.6. The summed E-state index contributed by atoms with van der Waals surface area (Å²) >= 11 is 4.07. The number of nitrogens with one attached hydrogen (secondary N) is 2. The monoisotopic (exact) mass is 317 g/mol. The summed E-state index contributed by atoms with van der Waals surface area (Å²) < 4.78 is 5.05. The maximum Gasteiger partial charge on any atom is 0.321 e. The van der Waals surface area contributed by atoms with Crippen molar-refractivity contribution in [3.63, 3.8) is 0 Å². The molecule has 1 aromatic carbocycles. The minimum Gasteiger partial charge on any atom is -0.497 e. The number of hydrogen-bond donors (Lipinski definition) is 3. The van der Waals surface area contributed by atoms with Gasteiger partial charge in [0.25, 0.3) is 5.91 Å². The quantitative estimate of drug-likeness (QED) is 0.754. The van der Waals surface area contributed by atoms with E-state index in [1.165, 1.54) is 6.20 Å². The molecule has 114 valence electrons. The number of methoxy groups -OCH3 is 1. The molecule has 0 atom stereocenters. The van der Waals surface area contributed by atoms with Crippen LogP contribution in [0.2, 0.25) is 0 Å². The molecule has 2 N–H and O–H groups in total. The van der Waals surface area contributed by atoms with E-state index in [4.69, 9.17) is 4.74 Å². The summed E-state index contributed by atoms with van der Waals surface area (Å²) in [4.78, 5) is 27.5. The molecular weight excluding hydrogens is 302 g/mol. The lowest BCUT2D eigenvalue weighted by molar-refractivity contribution is 0.0960. The van der Waals surface area contributed by atoms with E-state index in [-0.39, 0.29) is 10.6 Å². The molecule has 2 aromatic rings. The molecule has 0 fully saturated rings. The number of carbonyl (C=O) groups excluding carboxylic acids is 2. The van der Waals surface area contributed by atoms with Gasteiger partial charge in [-0.1, -0.05) is 12.1 Å². The predicted octanol–water partition coefficient (Wildman–Crippen LogP) is 2.02. The highest BCUT2D eigenvalue weighted by atomic mass is 32.1. The van der Waals surface area contributed by atoms with Crippen LogP contribution in [0.25, 0.3) is 0 Å². The van der Waals surface area contributed by atoms with Gasteiger partial charge in [0.2, 0.25) is 0 Å². The number of imide groups is 1. The van der Waals surface area contributed by atoms with Gasteiger partial charge in [0.05, 0.1) is 12.7 Å². The largest absolute Gasteiger partial charge is 0.497 e. The fraction of sp³-hybridized carbons (Fsp3) is 0.133. The minimum absolute atomic E-state index is 0.241. The SMILES string of the molecule is COc1ccc(CNC(=O)NC(=O)c2cccnc2S)cc1. The smallest absolute Gasteiger partial charge is 0.321 e. The third-order valence-electron chi connectivity index (χ3n) is 2.87. The van der Waals surface area contributed by atoms with Crippen LogP contribution in [0.5, 0.6) is 5.75 Å². The highest BCUT2D eigenvalue weighted by molar-refractivity contribution is 7.80. The van der Waals surface area contributed by atoms with Crippen molar-refractivity contribution in [2.45, 2.75) is 11.6 Å². The Morgan fingerprint density at radius 2 is 1.95 bits per heavy atom. The molecule has 0 unspecified atom stereocenters. The average molecular weight is 317 g/mol. The number of urea groups is 1. The van der Waals surface area contributed by atoms with Gasteiger partial charge in [0.15, 0.2) is 0 Å². The molecule has 7 heteroatoms. The second kappa shape index (κ2) is 7.46. The molecule has 1 aromatic heterocycles. The zero-order chi connectivity index (χ0) is 15.9. The lowest BCUT2D eigenvalue weighted by Gasteiger charge is -2.08. The van der Waals surface area contributed by atoms with E-state index in [0.717, 1.165) is 11.3 Å². The molecule has 0 aliphatic heterocycles. The number of aromatic nitrogens is 1. The first-order valence-electron chi connectivity index (χ1n) is 6.46. The Bertz CT molecular complexity index is 674. The third kappa shape index (κ3) is 4.23. The van der Waals surface area contributed by atoms with Crippen molar-refractivity contribution < 1.29 is 14.3 Å². The van der Waals surface area contributed by atoms with Crippen molar-refractivity contribution in [1.29, 1.82) is 0 Å². The van der Waals surface area contributed by atoms with Gasteiger partial charge in [-0.25, -0.2) is 9.78 Å². The average Bonchev–Trinajstić information content (AvgIpc) is 2.53. The van der Waals surface area contributed by atoms with Gasteiger partial charge in [-0.3, -0.25) is 10.1 Å². The number of pyridine rings is 1. The van der Waals surface area contributed by atoms with Crippen molar-refractivity contribution in [2.75, 3.05) is 7.11 Å². The summed E-state index contributed by atoms with van der Waals surface area (Å²) in [6.45, 7) is 0.296. The summed E-state index contributed by atoms with van der Waals surface area (Å²) in [6.07, 6.45) is 1.52. The summed E-state index contributed by atoms with van der Waals surface area (Å²) in [6, 6.07) is 9.80. The Labute approximate surface area is 133 Å². The fourth-order valence-corrected chi connectivity index (χ4v) is 1.96. The standard InChI is InChI=1S/C15H15N3O3S/c1-21-11-6-4-10(5-7-11)9-17-15(20)18-13(19)12-3-2-8-16-14(12)22/h2-8H,9H2,1H3,(H,16,22)(H2,17,18,19,20). The van der Waals surface area contributed by atoms with E-state index in [9.17, 15) is 9.59 Å². The van der Waals surface area contributed by atoms with Crippen LogP contribution in [0.3, 0.4) is 0 Å². The molecule has 1 heterocycles. The van der Waals surface area contributed by atoms with Crippen molar-refractivity contribution in [1.82, 2.24) is 15.6 Å². The van der Waals surface area contributed by atoms with Crippen LogP contribution in [0.1, 0.15) is 15.9 Å². The second-order valence-corrected chi connectivity index (χ2v) is 4.78. The molecule has 0 saturated carbocycles. The minimum atomic E-state index is -0.586. The Kier molecular flexibility index (Phi) is 5.37. The van der Waals surface area contributed by atoms with E-state index >= 15 is 0 Å². The molecule has 0 aliphatic rings. The van der Waals surface area contributed by atoms with E-state index < -0.39 is 11.9 Å². The molecule has 22 heavy (non-hydrogen) atoms. The van der Waals surface area contributed by atoms with E-state index in [1.54, 1.807) is 31.4 Å². The van der Waals surface area contributed by atoms with Gasteiger partial charge in [-0.2, -0.15) is 0 Å². The van der Waals surface area contributed by atoms with Crippen molar-refractivity contribution >= 4 is 24.6 Å². The number of amides is 3. The summed E-state index contributed by atoms with van der Waals surface area (Å²) in [5, 5.41) is 5.09. The lowest BCUT2D eigenvalue weighted by Crippen LogP contribution is -2.39. The van der Waals surface area contributed by atoms with Crippen LogP contribution in [0, 0.1) is 0 Å². The second-order valence-electron chi connectivity index (χ2n) is 4.36. The first kappa shape index (κ1) is 15.8. The van der Waals surface area contributed by atoms with Gasteiger partial charge in [-0.15, -0.1) is 12.6 Å². The summed E-state index contributed by atoms with van der Waals surface area (Å²) in [5.41, 5.74) is 1.13. The molecule has 0 saturated heterocycles. The molecule has 0 bridgehead atoms. The van der Waals surface area contributed by atoms with Crippen LogP contribution < -0.4 is 15.4 Å². The van der Waals surface area contributed by atoms with Crippen LogP contribution in [-0.2, 0) is 6.54 Å². The van der Waals surface area contributed by atoms with Gasteiger partial charge in [0, 0.05) is 12.7 Å². The number of thiol groups is 1. The normalized spacial score (nSPS) is 9.91. The van der Waals surface area contributed by atoms with Gasteiger partial charge in [0.1, 0.15) is 10.8 Å². The Morgan fingerprint density at radius 3 is 2.59 bits per heavy atom. The first-order valence-corrected chi connectivity index (χ1v) is 6.91. The molecule has 2 rings (SSSR count). The van der Waals surface area contributed by atoms with E-state index in [0.29, 0.717) is 6.54 Å². The van der Waals surface area contributed by atoms with Gasteiger partial charge < -0.3 is 10.1 Å². The van der Waals surface area contributed by atoms with Crippen molar-refractivity contribution in [3.05, 3.63) is 53.7 Å². The van der Waals surface area contributed by atoms with Crippen molar-refractivity contribution in [3.8, 4) is 5.75 Å². The highest BCUT2D eigenvalue weighted by Crippen LogP contribution is 2.11. The molecule has 0 aliphatic carbocycles. The van der Waals surface area contributed by atoms with Crippen LogP contribution in [0.4, 0.5) is 4.79 Å². The fourth-order valence-electron chi connectivity index (χ4n) is 1.71. The van der Waals surface area contributed by atoms with Crippen LogP contribution >= 0.6 is 12.6 Å². The molecule has 0 radical (unpaired) electrons. The molecule has 3 amide bonds. The Hall–Kier alpha value is -2.54. The number of benzene rings is 1.